The largest absolute Gasteiger partial charge is 0.483 e. The lowest BCUT2D eigenvalue weighted by molar-refractivity contribution is 0.0486. The second-order valence-electron chi connectivity index (χ2n) is 7.76. The van der Waals surface area contributed by atoms with Crippen LogP contribution in [0.15, 0.2) is 41.3 Å². The molecule has 0 unspecified atom stereocenters. The Bertz CT molecular complexity index is 1010. The van der Waals surface area contributed by atoms with Crippen molar-refractivity contribution in [2.75, 3.05) is 19.6 Å². The van der Waals surface area contributed by atoms with Crippen LogP contribution in [0.2, 0.25) is 0 Å². The molecule has 150 valence electrons. The third kappa shape index (κ3) is 3.23. The van der Waals surface area contributed by atoms with Crippen molar-refractivity contribution >= 4 is 27.3 Å². The number of thiophene rings is 1. The number of nitrogens with zero attached hydrogens (tertiary/aromatic N) is 2. The van der Waals surface area contributed by atoms with Crippen molar-refractivity contribution in [2.24, 2.45) is 0 Å². The summed E-state index contributed by atoms with van der Waals surface area (Å²) in [4.78, 5) is 16.7. The van der Waals surface area contributed by atoms with E-state index in [0.717, 1.165) is 4.88 Å². The van der Waals surface area contributed by atoms with E-state index < -0.39 is 15.6 Å². The van der Waals surface area contributed by atoms with Crippen LogP contribution in [-0.2, 0) is 10.0 Å². The second kappa shape index (κ2) is 6.86. The minimum atomic E-state index is -3.66. The molecule has 1 saturated heterocycles. The highest BCUT2D eigenvalue weighted by Gasteiger charge is 2.49. The number of ether oxygens (including phenoxy) is 1. The molecule has 1 amide bonds. The SMILES string of the molecule is Cc1ccc(C(=O)N2CC[C@@]3(C2)CN(C(C)C)S(=O)(=O)c2ccccc2O3)s1. The summed E-state index contributed by atoms with van der Waals surface area (Å²) < 4.78 is 34.3. The van der Waals surface area contributed by atoms with Gasteiger partial charge in [0.2, 0.25) is 10.0 Å². The number of fused-ring (bicyclic) bond motifs is 1. The third-order valence-electron chi connectivity index (χ3n) is 5.34. The van der Waals surface area contributed by atoms with Gasteiger partial charge in [0.25, 0.3) is 5.91 Å². The normalized spacial score (nSPS) is 24.2. The first kappa shape index (κ1) is 19.4. The zero-order valence-electron chi connectivity index (χ0n) is 16.2. The average molecular weight is 421 g/mol. The van der Waals surface area contributed by atoms with Gasteiger partial charge < -0.3 is 9.64 Å². The number of benzene rings is 1. The minimum Gasteiger partial charge on any atom is -0.483 e. The lowest BCUT2D eigenvalue weighted by Crippen LogP contribution is -2.51. The molecule has 2 aliphatic heterocycles. The minimum absolute atomic E-state index is 0.0185. The molecule has 6 nitrogen and oxygen atoms in total. The van der Waals surface area contributed by atoms with Gasteiger partial charge in [0.1, 0.15) is 16.2 Å². The standard InChI is InChI=1S/C20H24N2O4S2/c1-14(2)22-13-20(26-16-6-4-5-7-18(16)28(22,24)25)10-11-21(12-20)19(23)17-9-8-15(3)27-17/h4-9,14H,10-13H2,1-3H3/t20-/m1/s1. The Labute approximate surface area is 169 Å². The summed E-state index contributed by atoms with van der Waals surface area (Å²) in [6, 6.07) is 10.4. The topological polar surface area (TPSA) is 66.9 Å². The van der Waals surface area contributed by atoms with E-state index in [-0.39, 0.29) is 23.4 Å². The molecule has 0 radical (unpaired) electrons. The first-order valence-corrected chi connectivity index (χ1v) is 11.6. The van der Waals surface area contributed by atoms with E-state index in [0.29, 0.717) is 30.1 Å². The number of hydrogen-bond donors (Lipinski definition) is 0. The molecule has 3 heterocycles. The third-order valence-corrected chi connectivity index (χ3v) is 8.39. The lowest BCUT2D eigenvalue weighted by atomic mass is 10.0. The van der Waals surface area contributed by atoms with Crippen LogP contribution in [-0.4, -0.2) is 54.8 Å². The molecule has 8 heteroatoms. The number of hydrogen-bond acceptors (Lipinski definition) is 5. The van der Waals surface area contributed by atoms with Gasteiger partial charge in [-0.3, -0.25) is 4.79 Å². The molecule has 1 spiro atoms. The van der Waals surface area contributed by atoms with Crippen molar-refractivity contribution in [2.45, 2.75) is 43.7 Å². The van der Waals surface area contributed by atoms with E-state index in [2.05, 4.69) is 0 Å². The quantitative estimate of drug-likeness (QED) is 0.749. The highest BCUT2D eigenvalue weighted by molar-refractivity contribution is 7.89. The Kier molecular flexibility index (Phi) is 4.76. The van der Waals surface area contributed by atoms with Crippen LogP contribution in [0.1, 0.15) is 34.8 Å². The van der Waals surface area contributed by atoms with E-state index in [4.69, 9.17) is 4.74 Å². The van der Waals surface area contributed by atoms with Crippen molar-refractivity contribution in [3.05, 3.63) is 46.2 Å². The van der Waals surface area contributed by atoms with E-state index in [1.54, 1.807) is 29.2 Å². The molecule has 2 aromatic rings. The summed E-state index contributed by atoms with van der Waals surface area (Å²) in [6.45, 7) is 6.86. The fourth-order valence-corrected chi connectivity index (χ4v) is 6.57. The van der Waals surface area contributed by atoms with Crippen molar-refractivity contribution < 1.29 is 17.9 Å². The molecule has 1 aromatic heterocycles. The van der Waals surface area contributed by atoms with Crippen LogP contribution in [0, 0.1) is 6.92 Å². The fraction of sp³-hybridized carbons (Fsp3) is 0.450. The summed E-state index contributed by atoms with van der Waals surface area (Å²) in [5, 5.41) is 0. The molecule has 0 aliphatic carbocycles. The number of rotatable bonds is 2. The summed E-state index contributed by atoms with van der Waals surface area (Å²) in [5.74, 6) is 0.349. The van der Waals surface area contributed by atoms with Gasteiger partial charge in [-0.2, -0.15) is 4.31 Å². The number of carbonyl (C=O) groups is 1. The summed E-state index contributed by atoms with van der Waals surface area (Å²) in [6.07, 6.45) is 0.593. The Hall–Kier alpha value is -1.90. The van der Waals surface area contributed by atoms with Crippen LogP contribution >= 0.6 is 11.3 Å². The smallest absolute Gasteiger partial charge is 0.264 e. The van der Waals surface area contributed by atoms with Crippen LogP contribution in [0.4, 0.5) is 0 Å². The molecule has 0 saturated carbocycles. The molecule has 0 N–H and O–H groups in total. The van der Waals surface area contributed by atoms with E-state index in [1.807, 2.05) is 32.9 Å². The predicted molar refractivity (Wildman–Crippen MR) is 108 cm³/mol. The molecular weight excluding hydrogens is 396 g/mol. The molecule has 1 atom stereocenters. The Morgan fingerprint density at radius 2 is 1.93 bits per heavy atom. The van der Waals surface area contributed by atoms with Gasteiger partial charge in [-0.15, -0.1) is 11.3 Å². The predicted octanol–water partition coefficient (Wildman–Crippen LogP) is 3.13. The molecule has 4 rings (SSSR count). The van der Waals surface area contributed by atoms with Gasteiger partial charge >= 0.3 is 0 Å². The monoisotopic (exact) mass is 420 g/mol. The second-order valence-corrected chi connectivity index (χ2v) is 10.9. The number of likely N-dealkylation sites (tertiary alicyclic amines) is 1. The van der Waals surface area contributed by atoms with Crippen molar-refractivity contribution in [1.82, 2.24) is 9.21 Å². The number of amides is 1. The van der Waals surface area contributed by atoms with Crippen molar-refractivity contribution in [1.29, 1.82) is 0 Å². The van der Waals surface area contributed by atoms with Crippen molar-refractivity contribution in [3.8, 4) is 5.75 Å². The van der Waals surface area contributed by atoms with Crippen LogP contribution in [0.25, 0.3) is 0 Å². The number of carbonyl (C=O) groups excluding carboxylic acids is 1. The fourth-order valence-electron chi connectivity index (χ4n) is 3.90. The van der Waals surface area contributed by atoms with Crippen LogP contribution < -0.4 is 4.74 Å². The highest BCUT2D eigenvalue weighted by atomic mass is 32.2. The number of sulfonamides is 1. The number of para-hydroxylation sites is 1. The molecule has 0 bridgehead atoms. The van der Waals surface area contributed by atoms with Gasteiger partial charge in [0, 0.05) is 23.9 Å². The molecule has 28 heavy (non-hydrogen) atoms. The first-order valence-electron chi connectivity index (χ1n) is 9.37. The van der Waals surface area contributed by atoms with Gasteiger partial charge in [0.15, 0.2) is 0 Å². The van der Waals surface area contributed by atoms with E-state index >= 15 is 0 Å². The zero-order valence-corrected chi connectivity index (χ0v) is 17.8. The lowest BCUT2D eigenvalue weighted by Gasteiger charge is -2.33. The molecular formula is C20H24N2O4S2. The zero-order chi connectivity index (χ0) is 20.1. The maximum absolute atomic E-state index is 13.2. The van der Waals surface area contributed by atoms with Gasteiger partial charge in [-0.05, 0) is 45.0 Å². The summed E-state index contributed by atoms with van der Waals surface area (Å²) >= 11 is 1.48. The Balaban J connectivity index is 1.69. The summed E-state index contributed by atoms with van der Waals surface area (Å²) in [5.41, 5.74) is -0.744. The maximum atomic E-state index is 13.2. The van der Waals surface area contributed by atoms with Gasteiger partial charge in [-0.25, -0.2) is 8.42 Å². The average Bonchev–Trinajstić information content (AvgIpc) is 3.24. The molecule has 1 fully saturated rings. The van der Waals surface area contributed by atoms with Crippen molar-refractivity contribution in [3.63, 3.8) is 0 Å². The maximum Gasteiger partial charge on any atom is 0.264 e. The van der Waals surface area contributed by atoms with Crippen LogP contribution in [0.5, 0.6) is 5.75 Å². The first-order chi connectivity index (χ1) is 13.2. The number of aryl methyl sites for hydroxylation is 1. The summed E-state index contributed by atoms with van der Waals surface area (Å²) in [7, 11) is -3.66. The van der Waals surface area contributed by atoms with Crippen LogP contribution in [0.3, 0.4) is 0 Å². The molecule has 2 aliphatic rings. The van der Waals surface area contributed by atoms with E-state index in [1.165, 1.54) is 15.6 Å². The Morgan fingerprint density at radius 1 is 1.18 bits per heavy atom. The molecule has 1 aromatic carbocycles. The van der Waals surface area contributed by atoms with Gasteiger partial charge in [0.05, 0.1) is 18.0 Å². The highest BCUT2D eigenvalue weighted by Crippen LogP contribution is 2.39. The Morgan fingerprint density at radius 3 is 2.61 bits per heavy atom. The van der Waals surface area contributed by atoms with E-state index in [9.17, 15) is 13.2 Å². The van der Waals surface area contributed by atoms with Gasteiger partial charge in [-0.1, -0.05) is 12.1 Å².